The van der Waals surface area contributed by atoms with Gasteiger partial charge in [-0.3, -0.25) is 4.68 Å². The first-order valence-electron chi connectivity index (χ1n) is 5.09. The van der Waals surface area contributed by atoms with E-state index in [0.717, 1.165) is 0 Å². The number of nitrogens with zero attached hydrogens (tertiary/aromatic N) is 3. The molecule has 0 amide bonds. The molecule has 0 spiro atoms. The molecule has 0 fully saturated rings. The molecular weight excluding hydrogens is 221 g/mol. The second kappa shape index (κ2) is 5.12. The second-order valence-corrected chi connectivity index (χ2v) is 3.37. The summed E-state index contributed by atoms with van der Waals surface area (Å²) in [6, 6.07) is 7.76. The van der Waals surface area contributed by atoms with Crippen molar-refractivity contribution in [1.29, 1.82) is 5.26 Å². The summed E-state index contributed by atoms with van der Waals surface area (Å²) in [5.41, 5.74) is 0.0180. The van der Waals surface area contributed by atoms with Crippen molar-refractivity contribution in [3.05, 3.63) is 48.0 Å². The van der Waals surface area contributed by atoms with E-state index >= 15 is 0 Å². The van der Waals surface area contributed by atoms with Gasteiger partial charge in [0, 0.05) is 18.5 Å². The molecule has 0 aliphatic heterocycles. The van der Waals surface area contributed by atoms with Gasteiger partial charge in [-0.15, -0.1) is 0 Å². The average molecular weight is 231 g/mol. The van der Waals surface area contributed by atoms with Crippen molar-refractivity contribution in [3.8, 4) is 11.8 Å². The van der Waals surface area contributed by atoms with E-state index in [4.69, 9.17) is 10.00 Å². The topological polar surface area (TPSA) is 50.8 Å². The van der Waals surface area contributed by atoms with Crippen LogP contribution >= 0.6 is 0 Å². The zero-order valence-electron chi connectivity index (χ0n) is 9.01. The van der Waals surface area contributed by atoms with Crippen molar-refractivity contribution in [2.45, 2.75) is 6.54 Å². The van der Waals surface area contributed by atoms with E-state index in [1.54, 1.807) is 23.0 Å². The lowest BCUT2D eigenvalue weighted by atomic mass is 10.2. The number of hydrogen-bond acceptors (Lipinski definition) is 3. The van der Waals surface area contributed by atoms with E-state index in [-0.39, 0.29) is 5.56 Å². The van der Waals surface area contributed by atoms with Gasteiger partial charge in [-0.25, -0.2) is 4.39 Å². The second-order valence-electron chi connectivity index (χ2n) is 3.37. The summed E-state index contributed by atoms with van der Waals surface area (Å²) in [4.78, 5) is 0. The van der Waals surface area contributed by atoms with Crippen LogP contribution in [-0.4, -0.2) is 16.4 Å². The van der Waals surface area contributed by atoms with Crippen LogP contribution in [-0.2, 0) is 6.54 Å². The van der Waals surface area contributed by atoms with Gasteiger partial charge in [-0.2, -0.15) is 10.4 Å². The van der Waals surface area contributed by atoms with E-state index < -0.39 is 5.82 Å². The fraction of sp³-hybridized carbons (Fsp3) is 0.167. The molecule has 0 bridgehead atoms. The molecule has 0 radical (unpaired) electrons. The third kappa shape index (κ3) is 2.82. The first-order chi connectivity index (χ1) is 8.29. The monoisotopic (exact) mass is 231 g/mol. The highest BCUT2D eigenvalue weighted by Gasteiger charge is 2.03. The minimum atomic E-state index is -0.566. The summed E-state index contributed by atoms with van der Waals surface area (Å²) in [7, 11) is 0. The van der Waals surface area contributed by atoms with Gasteiger partial charge in [0.15, 0.2) is 0 Å². The zero-order chi connectivity index (χ0) is 12.1. The Bertz CT molecular complexity index is 531. The molecule has 0 saturated heterocycles. The summed E-state index contributed by atoms with van der Waals surface area (Å²) in [5, 5.41) is 12.6. The number of rotatable bonds is 4. The van der Waals surface area contributed by atoms with Crippen LogP contribution in [0.2, 0.25) is 0 Å². The summed E-state index contributed by atoms with van der Waals surface area (Å²) < 4.78 is 20.3. The van der Waals surface area contributed by atoms with Gasteiger partial charge < -0.3 is 4.74 Å². The van der Waals surface area contributed by atoms with Gasteiger partial charge in [-0.1, -0.05) is 0 Å². The van der Waals surface area contributed by atoms with E-state index in [1.807, 2.05) is 12.3 Å². The van der Waals surface area contributed by atoms with E-state index in [0.29, 0.717) is 18.9 Å². The van der Waals surface area contributed by atoms with Crippen LogP contribution in [0.3, 0.4) is 0 Å². The molecule has 5 heteroatoms. The largest absolute Gasteiger partial charge is 0.492 e. The van der Waals surface area contributed by atoms with Gasteiger partial charge in [-0.05, 0) is 18.2 Å². The van der Waals surface area contributed by atoms with Crippen molar-refractivity contribution in [2.75, 3.05) is 6.61 Å². The van der Waals surface area contributed by atoms with Crippen LogP contribution < -0.4 is 4.74 Å². The first-order valence-corrected chi connectivity index (χ1v) is 5.09. The molecule has 0 N–H and O–H groups in total. The molecule has 1 aromatic heterocycles. The van der Waals surface area contributed by atoms with Gasteiger partial charge in [0.2, 0.25) is 0 Å². The highest BCUT2D eigenvalue weighted by Crippen LogP contribution is 2.15. The molecule has 4 nitrogen and oxygen atoms in total. The molecular formula is C12H10FN3O. The number of ether oxygens (including phenoxy) is 1. The van der Waals surface area contributed by atoms with Crippen molar-refractivity contribution < 1.29 is 9.13 Å². The number of hydrogen-bond donors (Lipinski definition) is 0. The van der Waals surface area contributed by atoms with Crippen LogP contribution in [0.25, 0.3) is 0 Å². The molecule has 0 unspecified atom stereocenters. The molecule has 0 aliphatic carbocycles. The first kappa shape index (κ1) is 11.1. The van der Waals surface area contributed by atoms with Crippen LogP contribution in [0.1, 0.15) is 5.56 Å². The molecule has 2 rings (SSSR count). The Morgan fingerprint density at radius 3 is 3.00 bits per heavy atom. The Morgan fingerprint density at radius 1 is 1.47 bits per heavy atom. The lowest BCUT2D eigenvalue weighted by molar-refractivity contribution is 0.290. The number of aromatic nitrogens is 2. The SMILES string of the molecule is N#Cc1ccc(OCCn2cccn2)cc1F. The fourth-order valence-corrected chi connectivity index (χ4v) is 1.37. The molecule has 1 aromatic carbocycles. The maximum atomic E-state index is 13.2. The zero-order valence-corrected chi connectivity index (χ0v) is 9.01. The van der Waals surface area contributed by atoms with Gasteiger partial charge in [0.25, 0.3) is 0 Å². The quantitative estimate of drug-likeness (QED) is 0.808. The Labute approximate surface area is 97.9 Å². The third-order valence-electron chi connectivity index (χ3n) is 2.21. The van der Waals surface area contributed by atoms with Crippen molar-refractivity contribution in [2.24, 2.45) is 0 Å². The predicted octanol–water partition coefficient (Wildman–Crippen LogP) is 1.97. The molecule has 0 saturated carbocycles. The predicted molar refractivity (Wildman–Crippen MR) is 58.8 cm³/mol. The third-order valence-corrected chi connectivity index (χ3v) is 2.21. The molecule has 1 heterocycles. The molecule has 17 heavy (non-hydrogen) atoms. The number of halogens is 1. The van der Waals surface area contributed by atoms with E-state index in [2.05, 4.69) is 5.10 Å². The highest BCUT2D eigenvalue weighted by molar-refractivity contribution is 5.36. The maximum absolute atomic E-state index is 13.2. The Hall–Kier alpha value is -2.35. The minimum absolute atomic E-state index is 0.0180. The lowest BCUT2D eigenvalue weighted by Gasteiger charge is -2.06. The smallest absolute Gasteiger partial charge is 0.144 e. The average Bonchev–Trinajstić information content (AvgIpc) is 2.82. The Kier molecular flexibility index (Phi) is 3.36. The number of nitriles is 1. The standard InChI is InChI=1S/C12H10FN3O/c13-12-8-11(3-2-10(12)9-14)17-7-6-16-5-1-4-15-16/h1-5,8H,6-7H2. The molecule has 0 aliphatic rings. The van der Waals surface area contributed by atoms with Crippen LogP contribution in [0.4, 0.5) is 4.39 Å². The van der Waals surface area contributed by atoms with E-state index in [9.17, 15) is 4.39 Å². The van der Waals surface area contributed by atoms with Crippen LogP contribution in [0, 0.1) is 17.1 Å². The Morgan fingerprint density at radius 2 is 2.35 bits per heavy atom. The van der Waals surface area contributed by atoms with Gasteiger partial charge in [0.1, 0.15) is 24.2 Å². The van der Waals surface area contributed by atoms with Crippen molar-refractivity contribution in [3.63, 3.8) is 0 Å². The summed E-state index contributed by atoms with van der Waals surface area (Å²) in [6.45, 7) is 0.988. The lowest BCUT2D eigenvalue weighted by Crippen LogP contribution is -2.08. The maximum Gasteiger partial charge on any atom is 0.144 e. The highest BCUT2D eigenvalue weighted by atomic mass is 19.1. The Balaban J connectivity index is 1.91. The summed E-state index contributed by atoms with van der Waals surface area (Å²) in [6.07, 6.45) is 3.50. The molecule has 2 aromatic rings. The summed E-state index contributed by atoms with van der Waals surface area (Å²) >= 11 is 0. The van der Waals surface area contributed by atoms with Crippen molar-refractivity contribution >= 4 is 0 Å². The van der Waals surface area contributed by atoms with Gasteiger partial charge in [0.05, 0.1) is 12.1 Å². The fourth-order valence-electron chi connectivity index (χ4n) is 1.37. The van der Waals surface area contributed by atoms with Crippen molar-refractivity contribution in [1.82, 2.24) is 9.78 Å². The number of benzene rings is 1. The normalized spacial score (nSPS) is 9.88. The van der Waals surface area contributed by atoms with Crippen LogP contribution in [0.5, 0.6) is 5.75 Å². The molecule has 0 atom stereocenters. The summed E-state index contributed by atoms with van der Waals surface area (Å²) in [5.74, 6) is -0.155. The van der Waals surface area contributed by atoms with Crippen LogP contribution in [0.15, 0.2) is 36.7 Å². The minimum Gasteiger partial charge on any atom is -0.492 e. The van der Waals surface area contributed by atoms with E-state index in [1.165, 1.54) is 12.1 Å². The van der Waals surface area contributed by atoms with Gasteiger partial charge >= 0.3 is 0 Å². The molecule has 86 valence electrons.